The first kappa shape index (κ1) is 8.76. The molecule has 2 N–H and O–H groups in total. The SMILES string of the molecule is C#Cc1cnc([C@@H](C)N)cc1C. The van der Waals surface area contributed by atoms with Gasteiger partial charge in [0.25, 0.3) is 0 Å². The number of hydrogen-bond acceptors (Lipinski definition) is 2. The summed E-state index contributed by atoms with van der Waals surface area (Å²) in [6, 6.07) is 1.90. The molecule has 0 aliphatic rings. The Bertz CT molecular complexity index is 321. The Morgan fingerprint density at radius 1 is 1.67 bits per heavy atom. The average Bonchev–Trinajstić information content (AvgIpc) is 2.04. The minimum absolute atomic E-state index is 0.0319. The smallest absolute Gasteiger partial charge is 0.0571 e. The van der Waals surface area contributed by atoms with E-state index < -0.39 is 0 Å². The third-order valence-electron chi connectivity index (χ3n) is 1.75. The first-order valence-corrected chi connectivity index (χ1v) is 3.84. The van der Waals surface area contributed by atoms with Crippen LogP contribution in [-0.4, -0.2) is 4.98 Å². The Balaban J connectivity index is 3.12. The van der Waals surface area contributed by atoms with Gasteiger partial charge in [0.2, 0.25) is 0 Å². The summed E-state index contributed by atoms with van der Waals surface area (Å²) in [7, 11) is 0. The van der Waals surface area contributed by atoms with Crippen molar-refractivity contribution in [2.45, 2.75) is 19.9 Å². The Hall–Kier alpha value is -1.33. The van der Waals surface area contributed by atoms with Crippen LogP contribution < -0.4 is 5.73 Å². The molecule has 0 spiro atoms. The van der Waals surface area contributed by atoms with Crippen LogP contribution >= 0.6 is 0 Å². The summed E-state index contributed by atoms with van der Waals surface area (Å²) in [6.07, 6.45) is 6.94. The average molecular weight is 160 g/mol. The Labute approximate surface area is 72.8 Å². The number of terminal acetylenes is 1. The van der Waals surface area contributed by atoms with Gasteiger partial charge in [-0.15, -0.1) is 6.42 Å². The third-order valence-corrected chi connectivity index (χ3v) is 1.75. The zero-order chi connectivity index (χ0) is 9.14. The number of nitrogens with two attached hydrogens (primary N) is 1. The molecule has 0 fully saturated rings. The van der Waals surface area contributed by atoms with Gasteiger partial charge in [0.1, 0.15) is 0 Å². The molecular formula is C10H12N2. The summed E-state index contributed by atoms with van der Waals surface area (Å²) >= 11 is 0. The van der Waals surface area contributed by atoms with Crippen LogP contribution in [0.5, 0.6) is 0 Å². The Kier molecular flexibility index (Phi) is 2.47. The molecule has 0 aliphatic carbocycles. The lowest BCUT2D eigenvalue weighted by atomic mass is 10.1. The summed E-state index contributed by atoms with van der Waals surface area (Å²) in [6.45, 7) is 3.86. The summed E-state index contributed by atoms with van der Waals surface area (Å²) in [5, 5.41) is 0. The highest BCUT2D eigenvalue weighted by molar-refractivity contribution is 5.38. The van der Waals surface area contributed by atoms with E-state index in [4.69, 9.17) is 12.2 Å². The minimum atomic E-state index is -0.0319. The van der Waals surface area contributed by atoms with Gasteiger partial charge in [-0.1, -0.05) is 5.92 Å². The van der Waals surface area contributed by atoms with E-state index in [2.05, 4.69) is 10.9 Å². The van der Waals surface area contributed by atoms with E-state index in [9.17, 15) is 0 Å². The molecular weight excluding hydrogens is 148 g/mol. The van der Waals surface area contributed by atoms with Gasteiger partial charge in [-0.2, -0.15) is 0 Å². The number of hydrogen-bond donors (Lipinski definition) is 1. The molecule has 0 aliphatic heterocycles. The van der Waals surface area contributed by atoms with Crippen molar-refractivity contribution in [3.05, 3.63) is 29.1 Å². The van der Waals surface area contributed by atoms with Gasteiger partial charge in [-0.3, -0.25) is 4.98 Å². The summed E-state index contributed by atoms with van der Waals surface area (Å²) in [4.78, 5) is 4.14. The molecule has 0 unspecified atom stereocenters. The second-order valence-electron chi connectivity index (χ2n) is 2.86. The molecule has 2 nitrogen and oxygen atoms in total. The van der Waals surface area contributed by atoms with Crippen LogP contribution in [0.3, 0.4) is 0 Å². The van der Waals surface area contributed by atoms with E-state index in [0.717, 1.165) is 16.8 Å². The van der Waals surface area contributed by atoms with Crippen molar-refractivity contribution in [3.8, 4) is 12.3 Å². The fraction of sp³-hybridized carbons (Fsp3) is 0.300. The highest BCUT2D eigenvalue weighted by atomic mass is 14.8. The van der Waals surface area contributed by atoms with Crippen molar-refractivity contribution >= 4 is 0 Å². The van der Waals surface area contributed by atoms with E-state index in [-0.39, 0.29) is 6.04 Å². The molecule has 1 heterocycles. The molecule has 0 bridgehead atoms. The minimum Gasteiger partial charge on any atom is -0.323 e. The van der Waals surface area contributed by atoms with Gasteiger partial charge in [0.05, 0.1) is 5.69 Å². The molecule has 1 aromatic rings. The lowest BCUT2D eigenvalue weighted by Gasteiger charge is -2.05. The van der Waals surface area contributed by atoms with Gasteiger partial charge < -0.3 is 5.73 Å². The largest absolute Gasteiger partial charge is 0.323 e. The topological polar surface area (TPSA) is 38.9 Å². The molecule has 0 radical (unpaired) electrons. The van der Waals surface area contributed by atoms with E-state index in [1.807, 2.05) is 19.9 Å². The molecule has 1 atom stereocenters. The van der Waals surface area contributed by atoms with Crippen molar-refractivity contribution in [2.75, 3.05) is 0 Å². The normalized spacial score (nSPS) is 12.2. The predicted molar refractivity (Wildman–Crippen MR) is 49.5 cm³/mol. The van der Waals surface area contributed by atoms with Gasteiger partial charge in [0.15, 0.2) is 0 Å². The molecule has 0 saturated heterocycles. The zero-order valence-electron chi connectivity index (χ0n) is 7.33. The first-order valence-electron chi connectivity index (χ1n) is 3.84. The number of aromatic nitrogens is 1. The standard InChI is InChI=1S/C10H12N2/c1-4-9-6-12-10(8(3)11)5-7(9)2/h1,5-6,8H,11H2,2-3H3/t8-/m1/s1. The van der Waals surface area contributed by atoms with Crippen LogP contribution in [-0.2, 0) is 0 Å². The quantitative estimate of drug-likeness (QED) is 0.630. The second-order valence-corrected chi connectivity index (χ2v) is 2.86. The van der Waals surface area contributed by atoms with Gasteiger partial charge >= 0.3 is 0 Å². The number of nitrogens with zero attached hydrogens (tertiary/aromatic N) is 1. The molecule has 2 heteroatoms. The van der Waals surface area contributed by atoms with E-state index >= 15 is 0 Å². The van der Waals surface area contributed by atoms with Crippen LogP contribution in [0.2, 0.25) is 0 Å². The molecule has 0 amide bonds. The Morgan fingerprint density at radius 3 is 2.75 bits per heavy atom. The monoisotopic (exact) mass is 160 g/mol. The van der Waals surface area contributed by atoms with Gasteiger partial charge in [-0.05, 0) is 25.5 Å². The maximum atomic E-state index is 5.66. The van der Waals surface area contributed by atoms with E-state index in [1.165, 1.54) is 0 Å². The maximum absolute atomic E-state index is 5.66. The molecule has 0 aromatic carbocycles. The molecule has 62 valence electrons. The first-order chi connectivity index (χ1) is 5.65. The molecule has 0 saturated carbocycles. The van der Waals surface area contributed by atoms with Gasteiger partial charge in [0, 0.05) is 17.8 Å². The van der Waals surface area contributed by atoms with Crippen molar-refractivity contribution in [1.82, 2.24) is 4.98 Å². The fourth-order valence-electron chi connectivity index (χ4n) is 0.978. The van der Waals surface area contributed by atoms with E-state index in [1.54, 1.807) is 6.20 Å². The predicted octanol–water partition coefficient (Wildman–Crippen LogP) is 1.39. The van der Waals surface area contributed by atoms with Crippen molar-refractivity contribution < 1.29 is 0 Å². The number of aryl methyl sites for hydroxylation is 1. The fourth-order valence-corrected chi connectivity index (χ4v) is 0.978. The summed E-state index contributed by atoms with van der Waals surface area (Å²) < 4.78 is 0. The van der Waals surface area contributed by atoms with Crippen molar-refractivity contribution in [3.63, 3.8) is 0 Å². The molecule has 1 aromatic heterocycles. The zero-order valence-corrected chi connectivity index (χ0v) is 7.33. The number of rotatable bonds is 1. The van der Waals surface area contributed by atoms with Crippen LogP contribution in [0, 0.1) is 19.3 Å². The van der Waals surface area contributed by atoms with Crippen LogP contribution in [0.15, 0.2) is 12.3 Å². The lowest BCUT2D eigenvalue weighted by molar-refractivity contribution is 0.779. The maximum Gasteiger partial charge on any atom is 0.0571 e. The van der Waals surface area contributed by atoms with Crippen LogP contribution in [0.1, 0.15) is 29.8 Å². The van der Waals surface area contributed by atoms with E-state index in [0.29, 0.717) is 0 Å². The van der Waals surface area contributed by atoms with Crippen molar-refractivity contribution in [1.29, 1.82) is 0 Å². The lowest BCUT2D eigenvalue weighted by Crippen LogP contribution is -2.07. The third kappa shape index (κ3) is 1.63. The molecule has 12 heavy (non-hydrogen) atoms. The summed E-state index contributed by atoms with van der Waals surface area (Å²) in [5.74, 6) is 2.56. The highest BCUT2D eigenvalue weighted by Crippen LogP contribution is 2.11. The highest BCUT2D eigenvalue weighted by Gasteiger charge is 2.02. The number of pyridine rings is 1. The Morgan fingerprint density at radius 2 is 2.33 bits per heavy atom. The molecule has 1 rings (SSSR count). The van der Waals surface area contributed by atoms with Crippen LogP contribution in [0.25, 0.3) is 0 Å². The summed E-state index contributed by atoms with van der Waals surface area (Å²) in [5.41, 5.74) is 8.43. The van der Waals surface area contributed by atoms with Gasteiger partial charge in [-0.25, -0.2) is 0 Å². The second kappa shape index (κ2) is 3.38. The van der Waals surface area contributed by atoms with Crippen molar-refractivity contribution in [2.24, 2.45) is 5.73 Å². The van der Waals surface area contributed by atoms with Crippen LogP contribution in [0.4, 0.5) is 0 Å².